The zero-order chi connectivity index (χ0) is 20.5. The van der Waals surface area contributed by atoms with E-state index >= 15 is 0 Å². The van der Waals surface area contributed by atoms with Crippen molar-refractivity contribution in [3.05, 3.63) is 68.4 Å². The first kappa shape index (κ1) is 18.1. The Kier molecular flexibility index (Phi) is 3.76. The average Bonchev–Trinajstić information content (AvgIpc) is 3.43. The lowest BCUT2D eigenvalue weighted by Gasteiger charge is -2.14. The minimum Gasteiger partial charge on any atom is -0.328 e. The summed E-state index contributed by atoms with van der Waals surface area (Å²) < 4.78 is 58.5. The highest BCUT2D eigenvalue weighted by Crippen LogP contribution is 2.41. The van der Waals surface area contributed by atoms with Gasteiger partial charge in [0.2, 0.25) is 5.43 Å². The summed E-state index contributed by atoms with van der Waals surface area (Å²) in [6, 6.07) is 6.90. The van der Waals surface area contributed by atoms with E-state index in [0.717, 1.165) is 42.6 Å². The quantitative estimate of drug-likeness (QED) is 0.461. The third-order valence-electron chi connectivity index (χ3n) is 5.13. The third kappa shape index (κ3) is 2.79. The Morgan fingerprint density at radius 3 is 2.55 bits per heavy atom. The first-order valence-electron chi connectivity index (χ1n) is 8.82. The number of halogens is 4. The molecule has 1 fully saturated rings. The van der Waals surface area contributed by atoms with Gasteiger partial charge in [-0.1, -0.05) is 12.1 Å². The number of pyridine rings is 1. The molecular weight excluding hydrogens is 408 g/mol. The number of hydrogen-bond donors (Lipinski definition) is 1. The van der Waals surface area contributed by atoms with Crippen molar-refractivity contribution in [2.75, 3.05) is 0 Å². The molecule has 0 unspecified atom stereocenters. The van der Waals surface area contributed by atoms with E-state index in [1.807, 2.05) is 4.57 Å². The summed E-state index contributed by atoms with van der Waals surface area (Å²) in [5.74, 6) is -0.817. The molecule has 0 atom stereocenters. The van der Waals surface area contributed by atoms with Gasteiger partial charge in [-0.3, -0.25) is 14.0 Å². The number of aromatic amines is 1. The first-order valence-corrected chi connectivity index (χ1v) is 9.64. The Morgan fingerprint density at radius 1 is 1.10 bits per heavy atom. The molecule has 2 heterocycles. The summed E-state index contributed by atoms with van der Waals surface area (Å²) >= 11 is 1.03. The van der Waals surface area contributed by atoms with Crippen molar-refractivity contribution in [1.82, 2.24) is 8.94 Å². The Bertz CT molecular complexity index is 1410. The lowest BCUT2D eigenvalue weighted by Crippen LogP contribution is -2.15. The smallest absolute Gasteiger partial charge is 0.328 e. The second-order valence-electron chi connectivity index (χ2n) is 7.07. The fourth-order valence-electron chi connectivity index (χ4n) is 3.63. The molecule has 2 aromatic carbocycles. The van der Waals surface area contributed by atoms with E-state index < -0.39 is 28.5 Å². The number of nitrogens with one attached hydrogen (secondary N) is 1. The molecular formula is C20H12F4N2O2S. The van der Waals surface area contributed by atoms with Crippen LogP contribution in [0.25, 0.3) is 32.2 Å². The zero-order valence-corrected chi connectivity index (χ0v) is 15.5. The number of rotatable bonds is 2. The molecule has 0 saturated heterocycles. The van der Waals surface area contributed by atoms with Gasteiger partial charge in [0, 0.05) is 17.0 Å². The standard InChI is InChI=1S/C20H12F4N2O2S/c21-14-7-13-15(8-12(14)9-2-1-3-10(6-9)20(22,23)24)26(11-4-5-11)19-16(17(13)27)18(28)25-29-19/h1-3,6-8,11H,4-5H2,(H,25,28). The van der Waals surface area contributed by atoms with Gasteiger partial charge in [-0.05, 0) is 54.2 Å². The summed E-state index contributed by atoms with van der Waals surface area (Å²) in [5, 5.41) is 0.0298. The van der Waals surface area contributed by atoms with Crippen LogP contribution in [0, 0.1) is 5.82 Å². The van der Waals surface area contributed by atoms with Gasteiger partial charge in [-0.15, -0.1) is 0 Å². The Hall–Kier alpha value is -2.94. The third-order valence-corrected chi connectivity index (χ3v) is 6.01. The van der Waals surface area contributed by atoms with Crippen molar-refractivity contribution in [3.8, 4) is 11.1 Å². The molecule has 0 bridgehead atoms. The van der Waals surface area contributed by atoms with Crippen molar-refractivity contribution in [2.24, 2.45) is 0 Å². The highest BCUT2D eigenvalue weighted by atomic mass is 32.1. The summed E-state index contributed by atoms with van der Waals surface area (Å²) in [7, 11) is 0. The van der Waals surface area contributed by atoms with Gasteiger partial charge in [-0.2, -0.15) is 13.2 Å². The van der Waals surface area contributed by atoms with Crippen LogP contribution in [-0.4, -0.2) is 8.94 Å². The van der Waals surface area contributed by atoms with E-state index in [0.29, 0.717) is 10.3 Å². The molecule has 148 valence electrons. The normalized spacial score (nSPS) is 14.8. The van der Waals surface area contributed by atoms with Gasteiger partial charge >= 0.3 is 6.18 Å². The van der Waals surface area contributed by atoms with Crippen LogP contribution in [0.5, 0.6) is 0 Å². The molecule has 1 aliphatic rings. The molecule has 0 radical (unpaired) electrons. The van der Waals surface area contributed by atoms with Gasteiger partial charge in [-0.25, -0.2) is 4.39 Å². The first-order chi connectivity index (χ1) is 13.8. The lowest BCUT2D eigenvalue weighted by molar-refractivity contribution is -0.137. The maximum atomic E-state index is 14.9. The zero-order valence-electron chi connectivity index (χ0n) is 14.6. The molecule has 1 N–H and O–H groups in total. The second kappa shape index (κ2) is 6.03. The second-order valence-corrected chi connectivity index (χ2v) is 7.87. The molecule has 4 aromatic rings. The van der Waals surface area contributed by atoms with Gasteiger partial charge in [0.1, 0.15) is 16.0 Å². The number of benzene rings is 2. The van der Waals surface area contributed by atoms with Gasteiger partial charge in [0.25, 0.3) is 5.56 Å². The highest BCUT2D eigenvalue weighted by molar-refractivity contribution is 7.12. The molecule has 0 aliphatic heterocycles. The largest absolute Gasteiger partial charge is 0.416 e. The highest BCUT2D eigenvalue weighted by Gasteiger charge is 2.31. The molecule has 5 rings (SSSR count). The van der Waals surface area contributed by atoms with Crippen LogP contribution >= 0.6 is 11.5 Å². The monoisotopic (exact) mass is 420 g/mol. The fraction of sp³-hybridized carbons (Fsp3) is 0.200. The summed E-state index contributed by atoms with van der Waals surface area (Å²) in [6.45, 7) is 0. The van der Waals surface area contributed by atoms with Crippen LogP contribution in [0.4, 0.5) is 17.6 Å². The topological polar surface area (TPSA) is 54.9 Å². The summed E-state index contributed by atoms with van der Waals surface area (Å²) in [5.41, 5.74) is -1.53. The molecule has 9 heteroatoms. The van der Waals surface area contributed by atoms with Crippen LogP contribution in [0.2, 0.25) is 0 Å². The number of hydrogen-bond acceptors (Lipinski definition) is 3. The number of fused-ring (bicyclic) bond motifs is 2. The lowest BCUT2D eigenvalue weighted by atomic mass is 10.00. The maximum Gasteiger partial charge on any atom is 0.416 e. The SMILES string of the molecule is O=c1[nH]sc2c1c(=O)c1cc(F)c(-c3cccc(C(F)(F)F)c3)cc1n2C1CC1. The number of nitrogens with zero attached hydrogens (tertiary/aromatic N) is 1. The van der Waals surface area contributed by atoms with E-state index in [9.17, 15) is 27.2 Å². The van der Waals surface area contributed by atoms with Gasteiger partial charge < -0.3 is 4.57 Å². The van der Waals surface area contributed by atoms with Gasteiger partial charge in [0.15, 0.2) is 0 Å². The van der Waals surface area contributed by atoms with Crippen molar-refractivity contribution in [2.45, 2.75) is 25.1 Å². The van der Waals surface area contributed by atoms with E-state index in [1.165, 1.54) is 18.2 Å². The number of alkyl halides is 3. The minimum atomic E-state index is -4.55. The van der Waals surface area contributed by atoms with E-state index in [1.54, 1.807) is 0 Å². The van der Waals surface area contributed by atoms with Crippen LogP contribution < -0.4 is 11.0 Å². The number of H-pyrrole nitrogens is 1. The number of aromatic nitrogens is 2. The molecule has 1 aliphatic carbocycles. The summed E-state index contributed by atoms with van der Waals surface area (Å²) in [6.07, 6.45) is -2.87. The molecule has 1 saturated carbocycles. The van der Waals surface area contributed by atoms with Crippen LogP contribution in [0.3, 0.4) is 0 Å². The molecule has 29 heavy (non-hydrogen) atoms. The van der Waals surface area contributed by atoms with Crippen molar-refractivity contribution >= 4 is 32.7 Å². The van der Waals surface area contributed by atoms with E-state index in [-0.39, 0.29) is 27.9 Å². The predicted molar refractivity (Wildman–Crippen MR) is 103 cm³/mol. The van der Waals surface area contributed by atoms with Crippen molar-refractivity contribution in [1.29, 1.82) is 0 Å². The van der Waals surface area contributed by atoms with E-state index in [2.05, 4.69) is 4.37 Å². The van der Waals surface area contributed by atoms with Crippen LogP contribution in [-0.2, 0) is 6.18 Å². The minimum absolute atomic E-state index is 0.0133. The van der Waals surface area contributed by atoms with Crippen molar-refractivity contribution in [3.63, 3.8) is 0 Å². The Balaban J connectivity index is 1.85. The van der Waals surface area contributed by atoms with Crippen LogP contribution in [0.15, 0.2) is 46.0 Å². The maximum absolute atomic E-state index is 14.9. The molecule has 2 aromatic heterocycles. The molecule has 0 amide bonds. The fourth-order valence-corrected chi connectivity index (χ4v) is 4.55. The molecule has 4 nitrogen and oxygen atoms in total. The van der Waals surface area contributed by atoms with Crippen LogP contribution in [0.1, 0.15) is 24.4 Å². The van der Waals surface area contributed by atoms with Crippen molar-refractivity contribution < 1.29 is 17.6 Å². The van der Waals surface area contributed by atoms with Gasteiger partial charge in [0.05, 0.1) is 11.1 Å². The molecule has 0 spiro atoms. The van der Waals surface area contributed by atoms with E-state index in [4.69, 9.17) is 0 Å². The summed E-state index contributed by atoms with van der Waals surface area (Å²) in [4.78, 5) is 25.4. The Morgan fingerprint density at radius 2 is 1.86 bits per heavy atom. The predicted octanol–water partition coefficient (Wildman–Crippen LogP) is 5.06. The average molecular weight is 420 g/mol. The Labute approximate surface area is 164 Å².